The molecule has 0 aliphatic carbocycles. The van der Waals surface area contributed by atoms with E-state index in [1.165, 1.54) is 0 Å². The van der Waals surface area contributed by atoms with Crippen LogP contribution in [0.1, 0.15) is 33.6 Å². The second-order valence-corrected chi connectivity index (χ2v) is 5.39. The van der Waals surface area contributed by atoms with E-state index in [0.29, 0.717) is 13.0 Å². The first-order valence-corrected chi connectivity index (χ1v) is 6.82. The van der Waals surface area contributed by atoms with E-state index in [1.807, 2.05) is 18.7 Å². The summed E-state index contributed by atoms with van der Waals surface area (Å²) < 4.78 is 0. The second kappa shape index (κ2) is 9.04. The van der Waals surface area contributed by atoms with Crippen LogP contribution in [-0.4, -0.2) is 30.0 Å². The van der Waals surface area contributed by atoms with Crippen LogP contribution in [0.4, 0.5) is 0 Å². The van der Waals surface area contributed by atoms with Crippen LogP contribution in [-0.2, 0) is 4.79 Å². The summed E-state index contributed by atoms with van der Waals surface area (Å²) in [5, 5.41) is 3.00. The number of hydrogen-bond donors (Lipinski definition) is 2. The molecule has 0 aromatic heterocycles. The van der Waals surface area contributed by atoms with E-state index in [4.69, 9.17) is 5.73 Å². The fourth-order valence-corrected chi connectivity index (χ4v) is 2.02. The summed E-state index contributed by atoms with van der Waals surface area (Å²) in [6.07, 6.45) is 1.59. The number of carbonyl (C=O) groups is 1. The lowest BCUT2D eigenvalue weighted by molar-refractivity contribution is -0.122. The van der Waals surface area contributed by atoms with Crippen LogP contribution in [0.5, 0.6) is 0 Å². The maximum atomic E-state index is 11.5. The van der Waals surface area contributed by atoms with Gasteiger partial charge in [-0.15, -0.1) is 0 Å². The van der Waals surface area contributed by atoms with Crippen LogP contribution in [0.3, 0.4) is 0 Å². The number of nitrogens with one attached hydrogen (secondary N) is 1. The first-order valence-electron chi connectivity index (χ1n) is 5.67. The van der Waals surface area contributed by atoms with Crippen molar-refractivity contribution in [2.24, 2.45) is 11.7 Å². The van der Waals surface area contributed by atoms with Gasteiger partial charge in [0, 0.05) is 12.5 Å². The minimum atomic E-state index is 0.127. The lowest BCUT2D eigenvalue weighted by Gasteiger charge is -2.15. The number of thioether (sulfide) groups is 1. The van der Waals surface area contributed by atoms with Gasteiger partial charge in [0.1, 0.15) is 0 Å². The Balaban J connectivity index is 3.57. The predicted octanol–water partition coefficient (Wildman–Crippen LogP) is 1.62. The van der Waals surface area contributed by atoms with Crippen molar-refractivity contribution in [1.82, 2.24) is 5.32 Å². The Labute approximate surface area is 97.6 Å². The van der Waals surface area contributed by atoms with Crippen molar-refractivity contribution in [3.63, 3.8) is 0 Å². The van der Waals surface area contributed by atoms with E-state index < -0.39 is 0 Å². The minimum Gasteiger partial charge on any atom is -0.354 e. The van der Waals surface area contributed by atoms with E-state index >= 15 is 0 Å². The Hall–Kier alpha value is -0.220. The highest BCUT2D eigenvalue weighted by Gasteiger charge is 2.10. The van der Waals surface area contributed by atoms with Crippen molar-refractivity contribution in [2.45, 2.75) is 39.7 Å². The monoisotopic (exact) mass is 232 g/mol. The number of amides is 1. The average Bonchev–Trinajstić information content (AvgIpc) is 2.17. The Kier molecular flexibility index (Phi) is 8.91. The number of nitrogens with two attached hydrogens (primary N) is 1. The topological polar surface area (TPSA) is 55.1 Å². The van der Waals surface area contributed by atoms with Crippen LogP contribution in [0.15, 0.2) is 0 Å². The van der Waals surface area contributed by atoms with Crippen LogP contribution in [0, 0.1) is 5.92 Å². The molecule has 0 radical (unpaired) electrons. The summed E-state index contributed by atoms with van der Waals surface area (Å²) in [6.45, 7) is 6.78. The van der Waals surface area contributed by atoms with Gasteiger partial charge in [-0.3, -0.25) is 4.79 Å². The largest absolute Gasteiger partial charge is 0.354 e. The molecule has 0 saturated heterocycles. The molecule has 4 heteroatoms. The van der Waals surface area contributed by atoms with Crippen molar-refractivity contribution < 1.29 is 4.79 Å². The molecule has 0 heterocycles. The molecule has 0 aromatic rings. The van der Waals surface area contributed by atoms with Crippen molar-refractivity contribution in [3.8, 4) is 0 Å². The quantitative estimate of drug-likeness (QED) is 0.625. The predicted molar refractivity (Wildman–Crippen MR) is 68.1 cm³/mol. The third-order valence-corrected chi connectivity index (χ3v) is 3.18. The maximum Gasteiger partial charge on any atom is 0.220 e. The SMILES string of the molecule is CCSCCC(C)NC(=O)CC(C)CN. The molecule has 2 atom stereocenters. The first-order chi connectivity index (χ1) is 7.10. The van der Waals surface area contributed by atoms with Crippen molar-refractivity contribution >= 4 is 17.7 Å². The van der Waals surface area contributed by atoms with Crippen molar-refractivity contribution in [3.05, 3.63) is 0 Å². The van der Waals surface area contributed by atoms with Gasteiger partial charge in [-0.25, -0.2) is 0 Å². The fourth-order valence-electron chi connectivity index (χ4n) is 1.21. The van der Waals surface area contributed by atoms with Gasteiger partial charge in [-0.2, -0.15) is 11.8 Å². The second-order valence-electron chi connectivity index (χ2n) is 4.00. The molecule has 15 heavy (non-hydrogen) atoms. The maximum absolute atomic E-state index is 11.5. The van der Waals surface area contributed by atoms with Crippen LogP contribution in [0.2, 0.25) is 0 Å². The molecule has 0 bridgehead atoms. The molecule has 0 fully saturated rings. The van der Waals surface area contributed by atoms with Gasteiger partial charge in [0.25, 0.3) is 0 Å². The summed E-state index contributed by atoms with van der Waals surface area (Å²) in [5.41, 5.74) is 5.47. The number of carbonyl (C=O) groups excluding carboxylic acids is 1. The molecule has 0 spiro atoms. The Morgan fingerprint density at radius 2 is 2.13 bits per heavy atom. The highest BCUT2D eigenvalue weighted by molar-refractivity contribution is 7.99. The number of hydrogen-bond acceptors (Lipinski definition) is 3. The minimum absolute atomic E-state index is 0.127. The van der Waals surface area contributed by atoms with E-state index in [0.717, 1.165) is 17.9 Å². The van der Waals surface area contributed by atoms with Crippen LogP contribution in [0.25, 0.3) is 0 Å². The van der Waals surface area contributed by atoms with Gasteiger partial charge in [-0.1, -0.05) is 13.8 Å². The van der Waals surface area contributed by atoms with E-state index in [2.05, 4.69) is 19.2 Å². The lowest BCUT2D eigenvalue weighted by Crippen LogP contribution is -2.34. The smallest absolute Gasteiger partial charge is 0.220 e. The number of rotatable bonds is 8. The van der Waals surface area contributed by atoms with Crippen molar-refractivity contribution in [2.75, 3.05) is 18.1 Å². The summed E-state index contributed by atoms with van der Waals surface area (Å²) >= 11 is 1.91. The molecule has 0 aliphatic rings. The molecule has 3 nitrogen and oxygen atoms in total. The Morgan fingerprint density at radius 3 is 2.67 bits per heavy atom. The van der Waals surface area contributed by atoms with Crippen molar-refractivity contribution in [1.29, 1.82) is 0 Å². The highest BCUT2D eigenvalue weighted by Crippen LogP contribution is 2.05. The molecule has 3 N–H and O–H groups in total. The summed E-state index contributed by atoms with van der Waals surface area (Å²) in [7, 11) is 0. The molecule has 0 saturated carbocycles. The Bertz CT molecular complexity index is 176. The van der Waals surface area contributed by atoms with Crippen LogP contribution < -0.4 is 11.1 Å². The summed E-state index contributed by atoms with van der Waals surface area (Å²) in [4.78, 5) is 11.5. The third-order valence-electron chi connectivity index (χ3n) is 2.24. The van der Waals surface area contributed by atoms with Crippen LogP contribution >= 0.6 is 11.8 Å². The average molecular weight is 232 g/mol. The van der Waals surface area contributed by atoms with Gasteiger partial charge >= 0.3 is 0 Å². The molecule has 0 aliphatic heterocycles. The van der Waals surface area contributed by atoms with E-state index in [-0.39, 0.29) is 17.9 Å². The van der Waals surface area contributed by atoms with E-state index in [9.17, 15) is 4.79 Å². The zero-order chi connectivity index (χ0) is 11.7. The zero-order valence-corrected chi connectivity index (χ0v) is 10.9. The Morgan fingerprint density at radius 1 is 1.47 bits per heavy atom. The molecule has 0 aromatic carbocycles. The normalized spacial score (nSPS) is 14.7. The van der Waals surface area contributed by atoms with Gasteiger partial charge in [0.05, 0.1) is 0 Å². The molecule has 0 rings (SSSR count). The summed E-state index contributed by atoms with van der Waals surface area (Å²) in [5.74, 6) is 2.67. The summed E-state index contributed by atoms with van der Waals surface area (Å²) in [6, 6.07) is 0.279. The van der Waals surface area contributed by atoms with Gasteiger partial charge in [-0.05, 0) is 37.3 Å². The fraction of sp³-hybridized carbons (Fsp3) is 0.909. The molecule has 1 amide bonds. The molecule has 90 valence electrons. The third kappa shape index (κ3) is 8.75. The standard InChI is InChI=1S/C11H24N2OS/c1-4-15-6-5-10(3)13-11(14)7-9(2)8-12/h9-10H,4-8,12H2,1-3H3,(H,13,14). The molecule has 2 unspecified atom stereocenters. The van der Waals surface area contributed by atoms with Gasteiger partial charge < -0.3 is 11.1 Å². The van der Waals surface area contributed by atoms with Gasteiger partial charge in [0.15, 0.2) is 0 Å². The highest BCUT2D eigenvalue weighted by atomic mass is 32.2. The zero-order valence-electron chi connectivity index (χ0n) is 10.1. The first kappa shape index (κ1) is 14.8. The van der Waals surface area contributed by atoms with Gasteiger partial charge in [0.2, 0.25) is 5.91 Å². The molecular weight excluding hydrogens is 208 g/mol. The van der Waals surface area contributed by atoms with E-state index in [1.54, 1.807) is 0 Å². The molecular formula is C11H24N2OS. The lowest BCUT2D eigenvalue weighted by atomic mass is 10.1.